The largest absolute Gasteiger partial charge is 0.497 e. The van der Waals surface area contributed by atoms with Gasteiger partial charge >= 0.3 is 0 Å². The van der Waals surface area contributed by atoms with Crippen LogP contribution in [0.4, 0.5) is 0 Å². The minimum atomic E-state index is 0.660. The number of rotatable bonds is 3. The SMILES string of the molecule is C=Cc1c(C=O)ccc2cc(OC)ccc12. The van der Waals surface area contributed by atoms with Gasteiger partial charge in [0.1, 0.15) is 5.75 Å². The quantitative estimate of drug-likeness (QED) is 0.729. The van der Waals surface area contributed by atoms with Gasteiger partial charge in [0.2, 0.25) is 0 Å². The number of hydrogen-bond acceptors (Lipinski definition) is 2. The van der Waals surface area contributed by atoms with Crippen LogP contribution in [-0.2, 0) is 0 Å². The molecule has 0 radical (unpaired) electrons. The van der Waals surface area contributed by atoms with Gasteiger partial charge in [0.05, 0.1) is 7.11 Å². The molecule has 0 spiro atoms. The summed E-state index contributed by atoms with van der Waals surface area (Å²) < 4.78 is 5.16. The fourth-order valence-electron chi connectivity index (χ4n) is 1.81. The van der Waals surface area contributed by atoms with Crippen molar-refractivity contribution in [1.82, 2.24) is 0 Å². The number of methoxy groups -OCH3 is 1. The lowest BCUT2D eigenvalue weighted by molar-refractivity contribution is 0.112. The highest BCUT2D eigenvalue weighted by Gasteiger charge is 2.04. The molecule has 0 N–H and O–H groups in total. The van der Waals surface area contributed by atoms with Gasteiger partial charge in [0.15, 0.2) is 6.29 Å². The molecule has 0 aliphatic rings. The van der Waals surface area contributed by atoms with Crippen molar-refractivity contribution in [2.45, 2.75) is 0 Å². The van der Waals surface area contributed by atoms with E-state index in [1.165, 1.54) is 0 Å². The number of aldehydes is 1. The maximum atomic E-state index is 10.9. The lowest BCUT2D eigenvalue weighted by Gasteiger charge is -2.07. The summed E-state index contributed by atoms with van der Waals surface area (Å²) in [4.78, 5) is 10.9. The Hall–Kier alpha value is -2.09. The van der Waals surface area contributed by atoms with E-state index in [0.29, 0.717) is 5.56 Å². The first-order valence-corrected chi connectivity index (χ1v) is 4.98. The molecule has 2 aromatic carbocycles. The van der Waals surface area contributed by atoms with Gasteiger partial charge in [-0.05, 0) is 28.5 Å². The number of hydrogen-bond donors (Lipinski definition) is 0. The minimum absolute atomic E-state index is 0.660. The van der Waals surface area contributed by atoms with E-state index in [0.717, 1.165) is 28.4 Å². The summed E-state index contributed by atoms with van der Waals surface area (Å²) in [5.74, 6) is 0.807. The molecule has 2 rings (SSSR count). The summed E-state index contributed by atoms with van der Waals surface area (Å²) in [6, 6.07) is 9.47. The van der Waals surface area contributed by atoms with Crippen LogP contribution in [0.2, 0.25) is 0 Å². The Kier molecular flexibility index (Phi) is 2.73. The highest BCUT2D eigenvalue weighted by Crippen LogP contribution is 2.26. The van der Waals surface area contributed by atoms with Crippen molar-refractivity contribution < 1.29 is 9.53 Å². The van der Waals surface area contributed by atoms with Crippen molar-refractivity contribution >= 4 is 23.1 Å². The van der Waals surface area contributed by atoms with Gasteiger partial charge < -0.3 is 4.74 Å². The van der Waals surface area contributed by atoms with Gasteiger partial charge in [-0.3, -0.25) is 4.79 Å². The summed E-state index contributed by atoms with van der Waals surface area (Å²) in [6.07, 6.45) is 2.55. The zero-order chi connectivity index (χ0) is 11.5. The van der Waals surface area contributed by atoms with E-state index in [4.69, 9.17) is 4.74 Å². The van der Waals surface area contributed by atoms with Gasteiger partial charge in [-0.15, -0.1) is 0 Å². The topological polar surface area (TPSA) is 26.3 Å². The summed E-state index contributed by atoms with van der Waals surface area (Å²) in [6.45, 7) is 3.74. The molecule has 2 nitrogen and oxygen atoms in total. The molecule has 0 fully saturated rings. The second-order valence-electron chi connectivity index (χ2n) is 3.48. The third kappa shape index (κ3) is 1.58. The highest BCUT2D eigenvalue weighted by atomic mass is 16.5. The lowest BCUT2D eigenvalue weighted by Crippen LogP contribution is -1.89. The van der Waals surface area contributed by atoms with Crippen LogP contribution in [0.5, 0.6) is 5.75 Å². The Labute approximate surface area is 94.2 Å². The molecule has 0 unspecified atom stereocenters. The monoisotopic (exact) mass is 212 g/mol. The number of fused-ring (bicyclic) bond motifs is 1. The van der Waals surface area contributed by atoms with Gasteiger partial charge in [0, 0.05) is 5.56 Å². The Morgan fingerprint density at radius 3 is 2.69 bits per heavy atom. The molecule has 2 aromatic rings. The molecular weight excluding hydrogens is 200 g/mol. The van der Waals surface area contributed by atoms with Gasteiger partial charge in [0.25, 0.3) is 0 Å². The number of carbonyl (C=O) groups excluding carboxylic acids is 1. The Balaban J connectivity index is 2.78. The van der Waals surface area contributed by atoms with Crippen molar-refractivity contribution in [3.05, 3.63) is 48.0 Å². The van der Waals surface area contributed by atoms with Crippen LogP contribution in [-0.4, -0.2) is 13.4 Å². The van der Waals surface area contributed by atoms with E-state index >= 15 is 0 Å². The van der Waals surface area contributed by atoms with Gasteiger partial charge in [-0.2, -0.15) is 0 Å². The first kappa shape index (κ1) is 10.4. The van der Waals surface area contributed by atoms with E-state index in [-0.39, 0.29) is 0 Å². The summed E-state index contributed by atoms with van der Waals surface area (Å²) in [5.41, 5.74) is 1.53. The Morgan fingerprint density at radius 1 is 1.25 bits per heavy atom. The van der Waals surface area contributed by atoms with Crippen molar-refractivity contribution in [2.24, 2.45) is 0 Å². The van der Waals surface area contributed by atoms with Gasteiger partial charge in [-0.25, -0.2) is 0 Å². The molecular formula is C14H12O2. The molecule has 0 aliphatic carbocycles. The normalized spacial score (nSPS) is 10.1. The minimum Gasteiger partial charge on any atom is -0.497 e. The predicted molar refractivity (Wildman–Crippen MR) is 66.0 cm³/mol. The molecule has 0 bridgehead atoms. The summed E-state index contributed by atoms with van der Waals surface area (Å²) >= 11 is 0. The fourth-order valence-corrected chi connectivity index (χ4v) is 1.81. The second-order valence-corrected chi connectivity index (χ2v) is 3.48. The van der Waals surface area contributed by atoms with E-state index in [9.17, 15) is 4.79 Å². The zero-order valence-corrected chi connectivity index (χ0v) is 9.07. The fraction of sp³-hybridized carbons (Fsp3) is 0.0714. The third-order valence-corrected chi connectivity index (χ3v) is 2.63. The molecule has 0 aromatic heterocycles. The molecule has 80 valence electrons. The van der Waals surface area contributed by atoms with Crippen LogP contribution in [0.3, 0.4) is 0 Å². The van der Waals surface area contributed by atoms with E-state index in [2.05, 4.69) is 6.58 Å². The Bertz CT molecular complexity index is 556. The van der Waals surface area contributed by atoms with E-state index in [1.807, 2.05) is 24.3 Å². The maximum absolute atomic E-state index is 10.9. The number of benzene rings is 2. The molecule has 16 heavy (non-hydrogen) atoms. The van der Waals surface area contributed by atoms with Crippen molar-refractivity contribution in [3.8, 4) is 5.75 Å². The second kappa shape index (κ2) is 4.19. The maximum Gasteiger partial charge on any atom is 0.150 e. The van der Waals surface area contributed by atoms with Crippen LogP contribution in [0.25, 0.3) is 16.8 Å². The van der Waals surface area contributed by atoms with Gasteiger partial charge in [-0.1, -0.05) is 30.9 Å². The average molecular weight is 212 g/mol. The number of carbonyl (C=O) groups is 1. The molecule has 2 heteroatoms. The predicted octanol–water partition coefficient (Wildman–Crippen LogP) is 3.30. The first-order chi connectivity index (χ1) is 7.80. The average Bonchev–Trinajstić information content (AvgIpc) is 2.36. The molecule has 0 amide bonds. The summed E-state index contributed by atoms with van der Waals surface area (Å²) in [7, 11) is 1.63. The van der Waals surface area contributed by atoms with Crippen LogP contribution in [0, 0.1) is 0 Å². The summed E-state index contributed by atoms with van der Waals surface area (Å²) in [5, 5.41) is 2.06. The van der Waals surface area contributed by atoms with Crippen molar-refractivity contribution in [3.63, 3.8) is 0 Å². The van der Waals surface area contributed by atoms with Crippen molar-refractivity contribution in [1.29, 1.82) is 0 Å². The molecule has 0 heterocycles. The molecule has 0 saturated heterocycles. The van der Waals surface area contributed by atoms with Crippen molar-refractivity contribution in [2.75, 3.05) is 7.11 Å². The van der Waals surface area contributed by atoms with Crippen LogP contribution < -0.4 is 4.74 Å². The number of ether oxygens (including phenoxy) is 1. The lowest BCUT2D eigenvalue weighted by atomic mass is 9.99. The highest BCUT2D eigenvalue weighted by molar-refractivity contribution is 5.98. The van der Waals surface area contributed by atoms with E-state index in [1.54, 1.807) is 19.3 Å². The zero-order valence-electron chi connectivity index (χ0n) is 9.07. The Morgan fingerprint density at radius 2 is 2.06 bits per heavy atom. The van der Waals surface area contributed by atoms with E-state index < -0.39 is 0 Å². The third-order valence-electron chi connectivity index (χ3n) is 2.63. The molecule has 0 atom stereocenters. The smallest absolute Gasteiger partial charge is 0.150 e. The van der Waals surface area contributed by atoms with Crippen LogP contribution >= 0.6 is 0 Å². The van der Waals surface area contributed by atoms with Crippen LogP contribution in [0.15, 0.2) is 36.9 Å². The first-order valence-electron chi connectivity index (χ1n) is 4.98. The van der Waals surface area contributed by atoms with Crippen LogP contribution in [0.1, 0.15) is 15.9 Å². The molecule has 0 saturated carbocycles. The molecule has 0 aliphatic heterocycles. The standard InChI is InChI=1S/C14H12O2/c1-3-13-11(9-15)5-4-10-8-12(16-2)6-7-14(10)13/h3-9H,1H2,2H3.